The summed E-state index contributed by atoms with van der Waals surface area (Å²) in [7, 11) is 0. The molecule has 4 heteroatoms. The van der Waals surface area contributed by atoms with Gasteiger partial charge in [0.05, 0.1) is 11.0 Å². The van der Waals surface area contributed by atoms with Gasteiger partial charge in [-0.2, -0.15) is 9.97 Å². The smallest absolute Gasteiger partial charge is 0.238 e. The lowest BCUT2D eigenvalue weighted by Gasteiger charge is -2.14. The summed E-state index contributed by atoms with van der Waals surface area (Å²) in [4.78, 5) is 15.8. The summed E-state index contributed by atoms with van der Waals surface area (Å²) in [6, 6.07) is 72.3. The van der Waals surface area contributed by atoms with Gasteiger partial charge >= 0.3 is 0 Å². The van der Waals surface area contributed by atoms with Gasteiger partial charge in [0.1, 0.15) is 0 Å². The molecule has 4 nitrogen and oxygen atoms in total. The molecule has 0 atom stereocenters. The second-order valence-electron chi connectivity index (χ2n) is 13.7. The van der Waals surface area contributed by atoms with E-state index in [1.807, 2.05) is 24.3 Å². The van der Waals surface area contributed by atoms with Crippen LogP contribution in [0, 0.1) is 0 Å². The van der Waals surface area contributed by atoms with Gasteiger partial charge in [-0.15, -0.1) is 0 Å². The van der Waals surface area contributed by atoms with Crippen LogP contribution in [0.3, 0.4) is 0 Å². The molecule has 0 aliphatic rings. The van der Waals surface area contributed by atoms with Crippen molar-refractivity contribution in [3.63, 3.8) is 0 Å². The first kappa shape index (κ1) is 32.2. The molecule has 0 spiro atoms. The van der Waals surface area contributed by atoms with Crippen LogP contribution in [0.5, 0.6) is 0 Å². The zero-order chi connectivity index (χ0) is 36.6. The summed E-state index contributed by atoms with van der Waals surface area (Å²) in [5.41, 5.74) is 13.0. The van der Waals surface area contributed by atoms with Gasteiger partial charge in [-0.05, 0) is 69.3 Å². The number of hydrogen-bond donors (Lipinski definition) is 0. The van der Waals surface area contributed by atoms with Gasteiger partial charge in [-0.1, -0.05) is 176 Å². The van der Waals surface area contributed by atoms with Gasteiger partial charge < -0.3 is 0 Å². The second-order valence-corrected chi connectivity index (χ2v) is 13.7. The number of aromatic nitrogens is 4. The molecule has 0 aliphatic carbocycles. The monoisotopic (exact) mass is 702 g/mol. The minimum atomic E-state index is 0.561. The predicted octanol–water partition coefficient (Wildman–Crippen LogP) is 13.0. The fourth-order valence-corrected chi connectivity index (χ4v) is 7.58. The molecular weight excluding hydrogens is 669 g/mol. The Kier molecular flexibility index (Phi) is 8.12. The minimum Gasteiger partial charge on any atom is -0.277 e. The minimum absolute atomic E-state index is 0.561. The van der Waals surface area contributed by atoms with E-state index in [0.29, 0.717) is 17.6 Å². The van der Waals surface area contributed by atoms with E-state index in [1.54, 1.807) is 0 Å². The predicted molar refractivity (Wildman–Crippen MR) is 227 cm³/mol. The van der Waals surface area contributed by atoms with E-state index in [9.17, 15) is 0 Å². The van der Waals surface area contributed by atoms with Crippen molar-refractivity contribution in [1.82, 2.24) is 19.5 Å². The zero-order valence-electron chi connectivity index (χ0n) is 29.9. The fraction of sp³-hybridized carbons (Fsp3) is 0. The maximum Gasteiger partial charge on any atom is 0.238 e. The standard InChI is InChI=1S/C51H34N4/c1-6-17-35(18-7-1)40-27-16-28-42(31-40)50-52-49(39-25-14-5-15-26-39)53-51(54-50)55-47-30-29-41(36-19-8-2-9-20-36)32-45(47)46-34-43(37-21-10-3-11-22-37)33-44(48(46)55)38-23-12-4-13-24-38/h1-34H. The Balaban J connectivity index is 1.30. The molecule has 0 fully saturated rings. The highest BCUT2D eigenvalue weighted by molar-refractivity contribution is 6.16. The highest BCUT2D eigenvalue weighted by Crippen LogP contribution is 2.42. The molecule has 2 aromatic heterocycles. The Morgan fingerprint density at radius 1 is 0.291 bits per heavy atom. The summed E-state index contributed by atoms with van der Waals surface area (Å²) >= 11 is 0. The molecule has 0 saturated heterocycles. The quantitative estimate of drug-likeness (QED) is 0.166. The normalized spacial score (nSPS) is 11.3. The lowest BCUT2D eigenvalue weighted by Crippen LogP contribution is -2.07. The first-order valence-electron chi connectivity index (χ1n) is 18.5. The molecule has 258 valence electrons. The average Bonchev–Trinajstić information content (AvgIpc) is 3.61. The van der Waals surface area contributed by atoms with E-state index in [1.165, 1.54) is 5.56 Å². The largest absolute Gasteiger partial charge is 0.277 e. The van der Waals surface area contributed by atoms with Crippen molar-refractivity contribution in [3.8, 4) is 73.2 Å². The molecule has 10 aromatic rings. The van der Waals surface area contributed by atoms with Crippen molar-refractivity contribution in [2.45, 2.75) is 0 Å². The van der Waals surface area contributed by atoms with Crippen LogP contribution < -0.4 is 0 Å². The van der Waals surface area contributed by atoms with Crippen LogP contribution in [0.15, 0.2) is 206 Å². The number of rotatable bonds is 7. The van der Waals surface area contributed by atoms with Crippen molar-refractivity contribution in [2.75, 3.05) is 0 Å². The lowest BCUT2D eigenvalue weighted by molar-refractivity contribution is 0.954. The third kappa shape index (κ3) is 6.06. The molecule has 2 heterocycles. The van der Waals surface area contributed by atoms with Gasteiger partial charge in [-0.25, -0.2) is 4.98 Å². The van der Waals surface area contributed by atoms with E-state index >= 15 is 0 Å². The fourth-order valence-electron chi connectivity index (χ4n) is 7.58. The van der Waals surface area contributed by atoms with Crippen molar-refractivity contribution in [2.24, 2.45) is 0 Å². The molecule has 0 saturated carbocycles. The number of nitrogens with zero attached hydrogens (tertiary/aromatic N) is 4. The molecule has 0 N–H and O–H groups in total. The molecule has 0 aliphatic heterocycles. The Bertz CT molecular complexity index is 2940. The molecule has 0 unspecified atom stereocenters. The first-order valence-corrected chi connectivity index (χ1v) is 18.5. The highest BCUT2D eigenvalue weighted by Gasteiger charge is 2.22. The Hall–Kier alpha value is -7.43. The maximum absolute atomic E-state index is 5.34. The maximum atomic E-state index is 5.34. The van der Waals surface area contributed by atoms with Crippen molar-refractivity contribution < 1.29 is 0 Å². The van der Waals surface area contributed by atoms with E-state index < -0.39 is 0 Å². The van der Waals surface area contributed by atoms with Crippen molar-refractivity contribution in [1.29, 1.82) is 0 Å². The summed E-state index contributed by atoms with van der Waals surface area (Å²) < 4.78 is 2.25. The van der Waals surface area contributed by atoms with E-state index in [-0.39, 0.29) is 0 Å². The van der Waals surface area contributed by atoms with E-state index in [2.05, 4.69) is 187 Å². The lowest BCUT2D eigenvalue weighted by atomic mass is 9.95. The van der Waals surface area contributed by atoms with Crippen LogP contribution in [0.4, 0.5) is 0 Å². The Morgan fingerprint density at radius 3 is 1.35 bits per heavy atom. The first-order chi connectivity index (χ1) is 27.3. The molecule has 8 aromatic carbocycles. The van der Waals surface area contributed by atoms with Gasteiger partial charge in [-0.3, -0.25) is 4.57 Å². The molecule has 0 amide bonds. The summed E-state index contributed by atoms with van der Waals surface area (Å²) in [6.45, 7) is 0. The van der Waals surface area contributed by atoms with Gasteiger partial charge in [0.2, 0.25) is 5.95 Å². The van der Waals surface area contributed by atoms with Gasteiger partial charge in [0.15, 0.2) is 11.6 Å². The van der Waals surface area contributed by atoms with Gasteiger partial charge in [0, 0.05) is 27.5 Å². The zero-order valence-corrected chi connectivity index (χ0v) is 29.9. The average molecular weight is 703 g/mol. The van der Waals surface area contributed by atoms with Crippen LogP contribution >= 0.6 is 0 Å². The third-order valence-corrected chi connectivity index (χ3v) is 10.2. The molecule has 10 rings (SSSR count). The Morgan fingerprint density at radius 2 is 0.745 bits per heavy atom. The number of benzene rings is 8. The van der Waals surface area contributed by atoms with Crippen LogP contribution in [0.25, 0.3) is 95.0 Å². The molecule has 55 heavy (non-hydrogen) atoms. The SMILES string of the molecule is c1ccc(-c2cccc(-c3nc(-c4ccccc4)nc(-n4c5ccc(-c6ccccc6)cc5c5cc(-c6ccccc6)cc(-c6ccccc6)c54)n3)c2)cc1. The third-order valence-electron chi connectivity index (χ3n) is 10.2. The van der Waals surface area contributed by atoms with Crippen LogP contribution in [-0.4, -0.2) is 19.5 Å². The van der Waals surface area contributed by atoms with Crippen molar-refractivity contribution >= 4 is 21.8 Å². The number of hydrogen-bond acceptors (Lipinski definition) is 3. The van der Waals surface area contributed by atoms with Gasteiger partial charge in [0.25, 0.3) is 0 Å². The van der Waals surface area contributed by atoms with Crippen LogP contribution in [0.2, 0.25) is 0 Å². The van der Waals surface area contributed by atoms with Crippen molar-refractivity contribution in [3.05, 3.63) is 206 Å². The van der Waals surface area contributed by atoms with E-state index in [0.717, 1.165) is 71.9 Å². The molecule has 0 radical (unpaired) electrons. The summed E-state index contributed by atoms with van der Waals surface area (Å²) in [6.07, 6.45) is 0. The number of fused-ring (bicyclic) bond motifs is 3. The highest BCUT2D eigenvalue weighted by atomic mass is 15.2. The van der Waals surface area contributed by atoms with E-state index in [4.69, 9.17) is 15.0 Å². The van der Waals surface area contributed by atoms with Crippen LogP contribution in [0.1, 0.15) is 0 Å². The summed E-state index contributed by atoms with van der Waals surface area (Å²) in [5, 5.41) is 2.25. The summed E-state index contributed by atoms with van der Waals surface area (Å²) in [5.74, 6) is 1.79. The Labute approximate surface area is 319 Å². The molecular formula is C51H34N4. The molecule has 0 bridgehead atoms. The second kappa shape index (κ2) is 13.8. The topological polar surface area (TPSA) is 43.6 Å². The van der Waals surface area contributed by atoms with Crippen LogP contribution in [-0.2, 0) is 0 Å².